The number of carbonyl (C=O) groups excluding carboxylic acids is 1. The van der Waals surface area contributed by atoms with Crippen LogP contribution in [0.15, 0.2) is 4.99 Å². The van der Waals surface area contributed by atoms with Crippen molar-refractivity contribution in [1.82, 2.24) is 10.6 Å². The standard InChI is InChI=1S/C10H21N3O2.HI/c1-7(2)15-9(14)8(3)6-13-10(11-4)12-5;/h7-8H,6H2,1-5H3,(H2,11,12,13);1H. The van der Waals surface area contributed by atoms with Crippen LogP contribution in [-0.4, -0.2) is 38.7 Å². The molecule has 0 rings (SSSR count). The van der Waals surface area contributed by atoms with E-state index in [0.29, 0.717) is 12.5 Å². The van der Waals surface area contributed by atoms with Crippen LogP contribution in [0.2, 0.25) is 0 Å². The van der Waals surface area contributed by atoms with Crippen molar-refractivity contribution in [3.63, 3.8) is 0 Å². The lowest BCUT2D eigenvalue weighted by molar-refractivity contribution is -0.151. The molecule has 0 saturated carbocycles. The van der Waals surface area contributed by atoms with Crippen LogP contribution in [0.3, 0.4) is 0 Å². The van der Waals surface area contributed by atoms with Gasteiger partial charge in [-0.2, -0.15) is 0 Å². The number of nitrogens with one attached hydrogen (secondary N) is 2. The summed E-state index contributed by atoms with van der Waals surface area (Å²) < 4.78 is 5.07. The molecule has 0 bridgehead atoms. The van der Waals surface area contributed by atoms with Gasteiger partial charge in [-0.15, -0.1) is 24.0 Å². The number of rotatable bonds is 4. The Balaban J connectivity index is 0. The summed E-state index contributed by atoms with van der Waals surface area (Å²) in [4.78, 5) is 15.4. The highest BCUT2D eigenvalue weighted by Crippen LogP contribution is 2.00. The molecule has 0 aromatic carbocycles. The van der Waals surface area contributed by atoms with Gasteiger partial charge in [0.15, 0.2) is 5.96 Å². The van der Waals surface area contributed by atoms with Crippen molar-refractivity contribution >= 4 is 35.9 Å². The molecule has 0 aliphatic carbocycles. The smallest absolute Gasteiger partial charge is 0.310 e. The number of halogens is 1. The van der Waals surface area contributed by atoms with Crippen LogP contribution in [-0.2, 0) is 9.53 Å². The Morgan fingerprint density at radius 2 is 1.94 bits per heavy atom. The van der Waals surface area contributed by atoms with Gasteiger partial charge in [-0.1, -0.05) is 6.92 Å². The first-order valence-corrected chi connectivity index (χ1v) is 5.10. The molecule has 96 valence electrons. The van der Waals surface area contributed by atoms with E-state index in [2.05, 4.69) is 15.6 Å². The molecule has 16 heavy (non-hydrogen) atoms. The van der Waals surface area contributed by atoms with E-state index in [1.54, 1.807) is 14.1 Å². The van der Waals surface area contributed by atoms with Gasteiger partial charge in [-0.3, -0.25) is 9.79 Å². The van der Waals surface area contributed by atoms with Crippen LogP contribution in [0.1, 0.15) is 20.8 Å². The second-order valence-corrected chi connectivity index (χ2v) is 3.59. The molecule has 0 aromatic rings. The predicted molar refractivity (Wildman–Crippen MR) is 76.2 cm³/mol. The van der Waals surface area contributed by atoms with Crippen LogP contribution >= 0.6 is 24.0 Å². The number of aliphatic imine (C=N–C) groups is 1. The number of nitrogens with zero attached hydrogens (tertiary/aromatic N) is 1. The first-order chi connectivity index (χ1) is 7.01. The lowest BCUT2D eigenvalue weighted by atomic mass is 10.2. The minimum absolute atomic E-state index is 0. The molecule has 2 N–H and O–H groups in total. The quantitative estimate of drug-likeness (QED) is 0.346. The average molecular weight is 343 g/mol. The monoisotopic (exact) mass is 343 g/mol. The fourth-order valence-electron chi connectivity index (χ4n) is 0.961. The van der Waals surface area contributed by atoms with E-state index in [0.717, 1.165) is 0 Å². The van der Waals surface area contributed by atoms with Crippen molar-refractivity contribution in [3.05, 3.63) is 0 Å². The van der Waals surface area contributed by atoms with Crippen molar-refractivity contribution in [2.24, 2.45) is 10.9 Å². The first-order valence-electron chi connectivity index (χ1n) is 5.10. The minimum atomic E-state index is -0.191. The largest absolute Gasteiger partial charge is 0.463 e. The number of esters is 1. The number of hydrogen-bond donors (Lipinski definition) is 2. The maximum Gasteiger partial charge on any atom is 0.310 e. The van der Waals surface area contributed by atoms with Gasteiger partial charge >= 0.3 is 5.97 Å². The van der Waals surface area contributed by atoms with Crippen LogP contribution in [0.25, 0.3) is 0 Å². The number of ether oxygens (including phenoxy) is 1. The zero-order valence-corrected chi connectivity index (χ0v) is 12.9. The molecule has 0 heterocycles. The molecule has 0 saturated heterocycles. The van der Waals surface area contributed by atoms with Gasteiger partial charge in [0.2, 0.25) is 0 Å². The van der Waals surface area contributed by atoms with E-state index in [-0.39, 0.29) is 42.0 Å². The van der Waals surface area contributed by atoms with Crippen LogP contribution in [0.4, 0.5) is 0 Å². The van der Waals surface area contributed by atoms with Crippen LogP contribution < -0.4 is 10.6 Å². The van der Waals surface area contributed by atoms with Crippen molar-refractivity contribution in [1.29, 1.82) is 0 Å². The number of hydrogen-bond acceptors (Lipinski definition) is 3. The van der Waals surface area contributed by atoms with Crippen molar-refractivity contribution < 1.29 is 9.53 Å². The molecule has 0 fully saturated rings. The Morgan fingerprint density at radius 3 is 2.31 bits per heavy atom. The van der Waals surface area contributed by atoms with Gasteiger partial charge in [-0.05, 0) is 13.8 Å². The summed E-state index contributed by atoms with van der Waals surface area (Å²) in [6.07, 6.45) is -0.0661. The third-order valence-electron chi connectivity index (χ3n) is 1.79. The fourth-order valence-corrected chi connectivity index (χ4v) is 0.961. The van der Waals surface area contributed by atoms with E-state index in [9.17, 15) is 4.79 Å². The highest BCUT2D eigenvalue weighted by Gasteiger charge is 2.15. The van der Waals surface area contributed by atoms with Gasteiger partial charge in [0.1, 0.15) is 0 Å². The second kappa shape index (κ2) is 9.68. The van der Waals surface area contributed by atoms with E-state index in [4.69, 9.17) is 4.74 Å². The SMILES string of the molecule is CN=C(NC)NCC(C)C(=O)OC(C)C.I. The Labute approximate surface area is 114 Å². The molecule has 0 aliphatic heterocycles. The molecule has 0 aromatic heterocycles. The fraction of sp³-hybridized carbons (Fsp3) is 0.800. The molecular weight excluding hydrogens is 321 g/mol. The second-order valence-electron chi connectivity index (χ2n) is 3.59. The lowest BCUT2D eigenvalue weighted by Crippen LogP contribution is -2.39. The molecule has 0 amide bonds. The van der Waals surface area contributed by atoms with E-state index < -0.39 is 0 Å². The molecule has 1 unspecified atom stereocenters. The highest BCUT2D eigenvalue weighted by atomic mass is 127. The lowest BCUT2D eigenvalue weighted by Gasteiger charge is -2.15. The summed E-state index contributed by atoms with van der Waals surface area (Å²) in [6.45, 7) is 6.01. The zero-order chi connectivity index (χ0) is 11.8. The van der Waals surface area contributed by atoms with Gasteiger partial charge in [-0.25, -0.2) is 0 Å². The summed E-state index contributed by atoms with van der Waals surface area (Å²) >= 11 is 0. The van der Waals surface area contributed by atoms with Gasteiger partial charge in [0, 0.05) is 20.6 Å². The Bertz CT molecular complexity index is 232. The molecule has 0 aliphatic rings. The van der Waals surface area contributed by atoms with E-state index in [1.807, 2.05) is 20.8 Å². The molecule has 1 atom stereocenters. The molecule has 6 heteroatoms. The third kappa shape index (κ3) is 7.72. The maximum absolute atomic E-state index is 11.4. The van der Waals surface area contributed by atoms with Crippen LogP contribution in [0.5, 0.6) is 0 Å². The summed E-state index contributed by atoms with van der Waals surface area (Å²) in [5, 5.41) is 5.88. The van der Waals surface area contributed by atoms with Crippen LogP contribution in [0, 0.1) is 5.92 Å². The topological polar surface area (TPSA) is 62.7 Å². The predicted octanol–water partition coefficient (Wildman–Crippen LogP) is 0.987. The summed E-state index contributed by atoms with van der Waals surface area (Å²) in [5.74, 6) is 0.292. The maximum atomic E-state index is 11.4. The number of carbonyl (C=O) groups is 1. The van der Waals surface area contributed by atoms with Crippen molar-refractivity contribution in [2.45, 2.75) is 26.9 Å². The summed E-state index contributed by atoms with van der Waals surface area (Å²) in [7, 11) is 3.45. The van der Waals surface area contributed by atoms with Crippen molar-refractivity contribution in [3.8, 4) is 0 Å². The highest BCUT2D eigenvalue weighted by molar-refractivity contribution is 14.0. The minimum Gasteiger partial charge on any atom is -0.463 e. The average Bonchev–Trinajstić information content (AvgIpc) is 2.18. The molecule has 5 nitrogen and oxygen atoms in total. The number of guanidine groups is 1. The molecular formula is C10H22IN3O2. The molecule has 0 spiro atoms. The molecule has 0 radical (unpaired) electrons. The van der Waals surface area contributed by atoms with Gasteiger partial charge in [0.05, 0.1) is 12.0 Å². The summed E-state index contributed by atoms with van der Waals surface area (Å²) in [6, 6.07) is 0. The Kier molecular flexibility index (Phi) is 10.8. The first kappa shape index (κ1) is 17.9. The van der Waals surface area contributed by atoms with Gasteiger partial charge in [0.25, 0.3) is 0 Å². The summed E-state index contributed by atoms with van der Waals surface area (Å²) in [5.41, 5.74) is 0. The Morgan fingerprint density at radius 1 is 1.38 bits per heavy atom. The Hall–Kier alpha value is -0.530. The normalized spacial score (nSPS) is 12.8. The van der Waals surface area contributed by atoms with Crippen molar-refractivity contribution in [2.75, 3.05) is 20.6 Å². The van der Waals surface area contributed by atoms with Gasteiger partial charge < -0.3 is 15.4 Å². The van der Waals surface area contributed by atoms with E-state index >= 15 is 0 Å². The van der Waals surface area contributed by atoms with E-state index in [1.165, 1.54) is 0 Å². The third-order valence-corrected chi connectivity index (χ3v) is 1.79. The zero-order valence-electron chi connectivity index (χ0n) is 10.5.